The third-order valence-corrected chi connectivity index (χ3v) is 5.28. The van der Waals surface area contributed by atoms with E-state index in [4.69, 9.17) is 5.14 Å². The summed E-state index contributed by atoms with van der Waals surface area (Å²) in [6, 6.07) is 4.06. The van der Waals surface area contributed by atoms with Gasteiger partial charge in [0.05, 0.1) is 29.3 Å². The molecule has 2 aromatic heterocycles. The maximum absolute atomic E-state index is 13.1. The first-order chi connectivity index (χ1) is 13.9. The number of nitrogens with zero attached hydrogens (tertiary/aromatic N) is 4. The van der Waals surface area contributed by atoms with E-state index in [1.54, 1.807) is 0 Å². The van der Waals surface area contributed by atoms with Crippen molar-refractivity contribution in [3.05, 3.63) is 68.8 Å². The Morgan fingerprint density at radius 3 is 2.40 bits per heavy atom. The van der Waals surface area contributed by atoms with Crippen LogP contribution in [0, 0.1) is 6.92 Å². The summed E-state index contributed by atoms with van der Waals surface area (Å²) in [5.41, 5.74) is -2.96. The Morgan fingerprint density at radius 1 is 1.20 bits per heavy atom. The third-order valence-electron chi connectivity index (χ3n) is 4.41. The monoisotopic (exact) mass is 443 g/mol. The molecule has 0 aliphatic carbocycles. The van der Waals surface area contributed by atoms with E-state index in [1.165, 1.54) is 19.9 Å². The number of rotatable bonds is 4. The summed E-state index contributed by atoms with van der Waals surface area (Å²) in [6.07, 6.45) is -2.73. The average Bonchev–Trinajstić information content (AvgIpc) is 3.12. The number of hydrogen-bond acceptors (Lipinski definition) is 5. The Labute approximate surface area is 167 Å². The highest BCUT2D eigenvalue weighted by Crippen LogP contribution is 2.30. The lowest BCUT2D eigenvalue weighted by Gasteiger charge is -2.17. The van der Waals surface area contributed by atoms with Gasteiger partial charge in [0.15, 0.2) is 0 Å². The van der Waals surface area contributed by atoms with Crippen LogP contribution >= 0.6 is 0 Å². The Morgan fingerprint density at radius 2 is 1.87 bits per heavy atom. The van der Waals surface area contributed by atoms with Crippen molar-refractivity contribution in [3.63, 3.8) is 0 Å². The predicted octanol–water partition coefficient (Wildman–Crippen LogP) is 1.18. The fraction of sp³-hybridized carbons (Fsp3) is 0.235. The second-order valence-corrected chi connectivity index (χ2v) is 7.88. The van der Waals surface area contributed by atoms with Crippen LogP contribution in [0.25, 0.3) is 11.4 Å². The second-order valence-electron chi connectivity index (χ2n) is 6.32. The molecule has 160 valence electrons. The van der Waals surface area contributed by atoms with Crippen molar-refractivity contribution in [3.8, 4) is 11.4 Å². The molecule has 0 radical (unpaired) electrons. The van der Waals surface area contributed by atoms with Crippen LogP contribution in [-0.2, 0) is 22.7 Å². The lowest BCUT2D eigenvalue weighted by atomic mass is 10.2. The molecule has 1 aromatic carbocycles. The molecule has 0 fully saturated rings. The third kappa shape index (κ3) is 3.68. The Bertz CT molecular complexity index is 1350. The van der Waals surface area contributed by atoms with E-state index in [-0.39, 0.29) is 28.5 Å². The fourth-order valence-corrected chi connectivity index (χ4v) is 3.42. The van der Waals surface area contributed by atoms with Gasteiger partial charge < -0.3 is 0 Å². The quantitative estimate of drug-likeness (QED) is 0.649. The van der Waals surface area contributed by atoms with Gasteiger partial charge in [0.2, 0.25) is 10.0 Å². The van der Waals surface area contributed by atoms with Crippen molar-refractivity contribution in [1.82, 2.24) is 18.9 Å². The summed E-state index contributed by atoms with van der Waals surface area (Å²) in [4.78, 5) is 25.3. The lowest BCUT2D eigenvalue weighted by Crippen LogP contribution is -2.42. The molecule has 2 heterocycles. The van der Waals surface area contributed by atoms with Gasteiger partial charge in [-0.25, -0.2) is 23.0 Å². The van der Waals surface area contributed by atoms with Gasteiger partial charge in [0, 0.05) is 6.54 Å². The first-order valence-corrected chi connectivity index (χ1v) is 10.0. The summed E-state index contributed by atoms with van der Waals surface area (Å²) >= 11 is 0. The number of alkyl halides is 3. The van der Waals surface area contributed by atoms with Crippen molar-refractivity contribution in [2.24, 2.45) is 5.14 Å². The van der Waals surface area contributed by atoms with E-state index in [2.05, 4.69) is 5.10 Å². The average molecular weight is 443 g/mol. The van der Waals surface area contributed by atoms with Crippen LogP contribution in [0.3, 0.4) is 0 Å². The van der Waals surface area contributed by atoms with Crippen molar-refractivity contribution >= 4 is 10.0 Å². The predicted molar refractivity (Wildman–Crippen MR) is 100 cm³/mol. The zero-order valence-corrected chi connectivity index (χ0v) is 16.5. The van der Waals surface area contributed by atoms with E-state index >= 15 is 0 Å². The maximum atomic E-state index is 13.1. The molecule has 0 atom stereocenters. The van der Waals surface area contributed by atoms with Crippen molar-refractivity contribution in [2.75, 3.05) is 0 Å². The molecular weight excluding hydrogens is 427 g/mol. The first kappa shape index (κ1) is 21.5. The number of aromatic nitrogens is 4. The number of benzene rings is 1. The van der Waals surface area contributed by atoms with Gasteiger partial charge in [0.1, 0.15) is 10.6 Å². The topological polar surface area (TPSA) is 122 Å². The fourth-order valence-electron chi connectivity index (χ4n) is 2.98. The summed E-state index contributed by atoms with van der Waals surface area (Å²) in [6.45, 7) is 2.78. The molecule has 0 aliphatic rings. The van der Waals surface area contributed by atoms with E-state index in [9.17, 15) is 31.2 Å². The highest BCUT2D eigenvalue weighted by Gasteiger charge is 2.31. The van der Waals surface area contributed by atoms with Gasteiger partial charge >= 0.3 is 11.9 Å². The molecule has 3 rings (SSSR count). The minimum absolute atomic E-state index is 0.0295. The van der Waals surface area contributed by atoms with Crippen molar-refractivity contribution in [1.29, 1.82) is 0 Å². The van der Waals surface area contributed by atoms with E-state index in [0.717, 1.165) is 44.4 Å². The lowest BCUT2D eigenvalue weighted by molar-refractivity contribution is -0.137. The zero-order valence-electron chi connectivity index (χ0n) is 15.7. The molecule has 0 spiro atoms. The molecule has 0 saturated carbocycles. The normalized spacial score (nSPS) is 12.3. The molecule has 0 saturated heterocycles. The van der Waals surface area contributed by atoms with Crippen molar-refractivity contribution in [2.45, 2.75) is 31.5 Å². The van der Waals surface area contributed by atoms with Gasteiger partial charge in [-0.05, 0) is 32.0 Å². The summed E-state index contributed by atoms with van der Waals surface area (Å²) < 4.78 is 65.1. The highest BCUT2D eigenvalue weighted by atomic mass is 32.2. The number of sulfonamides is 1. The number of halogens is 3. The minimum Gasteiger partial charge on any atom is -0.267 e. The van der Waals surface area contributed by atoms with Gasteiger partial charge in [-0.2, -0.15) is 18.3 Å². The van der Waals surface area contributed by atoms with Crippen LogP contribution in [0.1, 0.15) is 18.2 Å². The largest absolute Gasteiger partial charge is 0.416 e. The highest BCUT2D eigenvalue weighted by molar-refractivity contribution is 7.89. The van der Waals surface area contributed by atoms with E-state index in [0.29, 0.717) is 0 Å². The standard InChI is InChI=1S/C17H16F3N5O4S/c1-3-23-15(26)14(24-9-13(8-22-24)30(21,28)29)10(2)25(16(23)27)12-6-4-5-11(7-12)17(18,19)20/h4-9H,3H2,1-2H3,(H2,21,28,29). The number of hydrogen-bond donors (Lipinski definition) is 1. The molecular formula is C17H16F3N5O4S. The van der Waals surface area contributed by atoms with Gasteiger partial charge in [-0.15, -0.1) is 0 Å². The SMILES string of the molecule is CCn1c(=O)c(-n2cc(S(N)(=O)=O)cn2)c(C)n(-c2cccc(C(F)(F)F)c2)c1=O. The maximum Gasteiger partial charge on any atom is 0.416 e. The van der Waals surface area contributed by atoms with Gasteiger partial charge in [-0.3, -0.25) is 13.9 Å². The van der Waals surface area contributed by atoms with Gasteiger partial charge in [-0.1, -0.05) is 6.07 Å². The van der Waals surface area contributed by atoms with Gasteiger partial charge in [0.25, 0.3) is 5.56 Å². The molecule has 9 nitrogen and oxygen atoms in total. The molecule has 0 bridgehead atoms. The molecule has 30 heavy (non-hydrogen) atoms. The number of nitrogens with two attached hydrogens (primary N) is 1. The minimum atomic E-state index is -4.64. The first-order valence-electron chi connectivity index (χ1n) is 8.48. The number of primary sulfonamides is 1. The van der Waals surface area contributed by atoms with Crippen molar-refractivity contribution < 1.29 is 21.6 Å². The molecule has 2 N–H and O–H groups in total. The zero-order chi connectivity index (χ0) is 22.4. The Kier molecular flexibility index (Phi) is 5.20. The van der Waals surface area contributed by atoms with Crippen LogP contribution < -0.4 is 16.4 Å². The summed E-state index contributed by atoms with van der Waals surface area (Å²) in [7, 11) is -4.11. The Balaban J connectivity index is 2.37. The van der Waals surface area contributed by atoms with E-state index < -0.39 is 33.0 Å². The molecule has 0 unspecified atom stereocenters. The second kappa shape index (κ2) is 7.25. The van der Waals surface area contributed by atoms with Crippen LogP contribution in [0.4, 0.5) is 13.2 Å². The van der Waals surface area contributed by atoms with Crippen LogP contribution in [0.15, 0.2) is 51.1 Å². The molecule has 0 amide bonds. The van der Waals surface area contributed by atoms with E-state index in [1.807, 2.05) is 0 Å². The summed E-state index contributed by atoms with van der Waals surface area (Å²) in [5.74, 6) is 0. The molecule has 13 heteroatoms. The van der Waals surface area contributed by atoms with Crippen LogP contribution in [-0.4, -0.2) is 27.3 Å². The molecule has 0 aliphatic heterocycles. The Hall–Kier alpha value is -3.19. The summed E-state index contributed by atoms with van der Waals surface area (Å²) in [5, 5.41) is 8.88. The smallest absolute Gasteiger partial charge is 0.267 e. The van der Waals surface area contributed by atoms with Crippen LogP contribution in [0.5, 0.6) is 0 Å². The van der Waals surface area contributed by atoms with Crippen LogP contribution in [0.2, 0.25) is 0 Å². The molecule has 3 aromatic rings.